The lowest BCUT2D eigenvalue weighted by Gasteiger charge is -2.32. The molecule has 0 spiro atoms. The maximum atomic E-state index is 13.5. The third-order valence-electron chi connectivity index (χ3n) is 5.84. The third-order valence-corrected chi connectivity index (χ3v) is 7.85. The van der Waals surface area contributed by atoms with Gasteiger partial charge >= 0.3 is 0 Å². The predicted molar refractivity (Wildman–Crippen MR) is 114 cm³/mol. The van der Waals surface area contributed by atoms with E-state index in [0.717, 1.165) is 50.1 Å². The molecule has 1 N–H and O–H groups in total. The van der Waals surface area contributed by atoms with Crippen molar-refractivity contribution in [3.8, 4) is 0 Å². The molecule has 0 radical (unpaired) electrons. The van der Waals surface area contributed by atoms with Crippen LogP contribution in [0.3, 0.4) is 0 Å². The average Bonchev–Trinajstić information content (AvgIpc) is 2.72. The Hall–Kier alpha value is -1.48. The van der Waals surface area contributed by atoms with Crippen LogP contribution >= 0.6 is 0 Å². The molecule has 2 saturated heterocycles. The van der Waals surface area contributed by atoms with Gasteiger partial charge in [-0.05, 0) is 51.4 Å². The summed E-state index contributed by atoms with van der Waals surface area (Å²) in [7, 11) is -3.74. The van der Waals surface area contributed by atoms with Gasteiger partial charge in [0.2, 0.25) is 15.9 Å². The van der Waals surface area contributed by atoms with E-state index < -0.39 is 10.0 Å². The highest BCUT2D eigenvalue weighted by Gasteiger charge is 2.30. The number of hydrogen-bond acceptors (Lipinski definition) is 5. The first-order chi connectivity index (χ1) is 13.9. The number of piperazine rings is 1. The van der Waals surface area contributed by atoms with Crippen molar-refractivity contribution < 1.29 is 13.2 Å². The molecule has 2 fully saturated rings. The largest absolute Gasteiger partial charge is 0.339 e. The second kappa shape index (κ2) is 10.0. The Labute approximate surface area is 175 Å². The molecule has 1 aromatic rings. The van der Waals surface area contributed by atoms with Crippen LogP contribution < -0.4 is 5.32 Å². The van der Waals surface area contributed by atoms with Crippen LogP contribution in [0.5, 0.6) is 0 Å². The van der Waals surface area contributed by atoms with E-state index in [-0.39, 0.29) is 12.5 Å². The summed E-state index contributed by atoms with van der Waals surface area (Å²) in [5.41, 5.74) is 1.75. The van der Waals surface area contributed by atoms with Crippen LogP contribution in [0.2, 0.25) is 0 Å². The van der Waals surface area contributed by atoms with Gasteiger partial charge in [0.05, 0.1) is 11.4 Å². The van der Waals surface area contributed by atoms with Crippen molar-refractivity contribution in [2.75, 3.05) is 58.9 Å². The molecule has 2 aliphatic heterocycles. The van der Waals surface area contributed by atoms with E-state index in [4.69, 9.17) is 0 Å². The first-order valence-corrected chi connectivity index (χ1v) is 12.1. The summed E-state index contributed by atoms with van der Waals surface area (Å²) < 4.78 is 28.4. The molecule has 2 aliphatic rings. The average molecular weight is 423 g/mol. The molecule has 1 aromatic carbocycles. The number of amides is 1. The summed E-state index contributed by atoms with van der Waals surface area (Å²) in [4.78, 5) is 17.2. The summed E-state index contributed by atoms with van der Waals surface area (Å²) in [5, 5.41) is 3.23. The molecular formula is C21H34N4O3S. The van der Waals surface area contributed by atoms with E-state index in [1.807, 2.05) is 26.0 Å². The molecule has 7 nitrogen and oxygen atoms in total. The standard InChI is InChI=1S/C21H34N4O3S/c1-18-6-7-20(19(2)16-18)29(27,28)25(15-14-23-10-4-3-5-11-23)17-21(26)24-12-8-22-9-13-24/h6-7,16,22H,3-5,8-15,17H2,1-2H3. The minimum absolute atomic E-state index is 0.0938. The van der Waals surface area contributed by atoms with E-state index in [9.17, 15) is 13.2 Å². The van der Waals surface area contributed by atoms with Gasteiger partial charge in [0.1, 0.15) is 0 Å². The monoisotopic (exact) mass is 422 g/mol. The number of nitrogens with one attached hydrogen (secondary N) is 1. The second-order valence-electron chi connectivity index (χ2n) is 8.14. The van der Waals surface area contributed by atoms with E-state index in [1.165, 1.54) is 10.7 Å². The second-order valence-corrected chi connectivity index (χ2v) is 10.0. The molecule has 3 rings (SSSR count). The molecular weight excluding hydrogens is 388 g/mol. The van der Waals surface area contributed by atoms with Gasteiger partial charge in [-0.25, -0.2) is 8.42 Å². The summed E-state index contributed by atoms with van der Waals surface area (Å²) in [6, 6.07) is 5.37. The predicted octanol–water partition coefficient (Wildman–Crippen LogP) is 1.21. The van der Waals surface area contributed by atoms with Crippen LogP contribution in [0.25, 0.3) is 0 Å². The van der Waals surface area contributed by atoms with E-state index in [1.54, 1.807) is 11.0 Å². The summed E-state index contributed by atoms with van der Waals surface area (Å²) >= 11 is 0. The number of nitrogens with zero attached hydrogens (tertiary/aromatic N) is 3. The lowest BCUT2D eigenvalue weighted by atomic mass is 10.1. The topological polar surface area (TPSA) is 73.0 Å². The Kier molecular flexibility index (Phi) is 7.67. The number of aryl methyl sites for hydroxylation is 2. The highest BCUT2D eigenvalue weighted by atomic mass is 32.2. The van der Waals surface area contributed by atoms with Crippen LogP contribution in [0.4, 0.5) is 0 Å². The first-order valence-electron chi connectivity index (χ1n) is 10.7. The van der Waals surface area contributed by atoms with Crippen LogP contribution in [0, 0.1) is 13.8 Å². The molecule has 29 heavy (non-hydrogen) atoms. The molecule has 8 heteroatoms. The van der Waals surface area contributed by atoms with Gasteiger partial charge in [0, 0.05) is 39.3 Å². The maximum absolute atomic E-state index is 13.5. The fraction of sp³-hybridized carbons (Fsp3) is 0.667. The summed E-state index contributed by atoms with van der Waals surface area (Å²) in [6.07, 6.45) is 3.55. The molecule has 0 saturated carbocycles. The number of rotatable bonds is 7. The van der Waals surface area contributed by atoms with E-state index >= 15 is 0 Å². The quantitative estimate of drug-likeness (QED) is 0.715. The van der Waals surface area contributed by atoms with Crippen LogP contribution in [0.1, 0.15) is 30.4 Å². The number of piperidine rings is 1. The highest BCUT2D eigenvalue weighted by Crippen LogP contribution is 2.21. The van der Waals surface area contributed by atoms with Gasteiger partial charge in [-0.1, -0.05) is 24.1 Å². The Morgan fingerprint density at radius 2 is 1.76 bits per heavy atom. The fourth-order valence-corrected chi connectivity index (χ4v) is 5.70. The number of carbonyl (C=O) groups is 1. The van der Waals surface area contributed by atoms with Crippen molar-refractivity contribution in [3.63, 3.8) is 0 Å². The van der Waals surface area contributed by atoms with Crippen molar-refractivity contribution in [2.24, 2.45) is 0 Å². The van der Waals surface area contributed by atoms with Gasteiger partial charge in [-0.15, -0.1) is 0 Å². The molecule has 0 aliphatic carbocycles. The van der Waals surface area contributed by atoms with Crippen molar-refractivity contribution in [1.29, 1.82) is 0 Å². The van der Waals surface area contributed by atoms with Crippen LogP contribution in [-0.2, 0) is 14.8 Å². The molecule has 0 unspecified atom stereocenters. The minimum Gasteiger partial charge on any atom is -0.339 e. The van der Waals surface area contributed by atoms with Crippen molar-refractivity contribution in [3.05, 3.63) is 29.3 Å². The van der Waals surface area contributed by atoms with Gasteiger partial charge in [0.15, 0.2) is 0 Å². The minimum atomic E-state index is -3.74. The van der Waals surface area contributed by atoms with Crippen LogP contribution in [0.15, 0.2) is 23.1 Å². The fourth-order valence-electron chi connectivity index (χ4n) is 4.11. The number of sulfonamides is 1. The van der Waals surface area contributed by atoms with Crippen molar-refractivity contribution in [1.82, 2.24) is 19.4 Å². The molecule has 0 bridgehead atoms. The lowest BCUT2D eigenvalue weighted by Crippen LogP contribution is -2.51. The number of hydrogen-bond donors (Lipinski definition) is 1. The number of carbonyl (C=O) groups excluding carboxylic acids is 1. The van der Waals surface area contributed by atoms with E-state index in [0.29, 0.717) is 31.1 Å². The SMILES string of the molecule is Cc1ccc(S(=O)(=O)N(CCN2CCCCC2)CC(=O)N2CCNCC2)c(C)c1. The molecule has 2 heterocycles. The number of likely N-dealkylation sites (tertiary alicyclic amines) is 1. The molecule has 1 amide bonds. The Balaban J connectivity index is 1.78. The summed E-state index contributed by atoms with van der Waals surface area (Å²) in [5.74, 6) is -0.113. The Bertz CT molecular complexity index is 800. The lowest BCUT2D eigenvalue weighted by molar-refractivity contribution is -0.132. The molecule has 0 aromatic heterocycles. The first kappa shape index (κ1) is 22.2. The Morgan fingerprint density at radius 1 is 1.07 bits per heavy atom. The number of benzene rings is 1. The van der Waals surface area contributed by atoms with Gasteiger partial charge in [-0.3, -0.25) is 4.79 Å². The molecule has 0 atom stereocenters. The van der Waals surface area contributed by atoms with Crippen molar-refractivity contribution >= 4 is 15.9 Å². The highest BCUT2D eigenvalue weighted by molar-refractivity contribution is 7.89. The third kappa shape index (κ3) is 5.78. The zero-order valence-electron chi connectivity index (χ0n) is 17.7. The molecule has 162 valence electrons. The van der Waals surface area contributed by atoms with Gasteiger partial charge < -0.3 is 15.1 Å². The van der Waals surface area contributed by atoms with Gasteiger partial charge in [0.25, 0.3) is 0 Å². The van der Waals surface area contributed by atoms with E-state index in [2.05, 4.69) is 10.2 Å². The van der Waals surface area contributed by atoms with Crippen molar-refractivity contribution in [2.45, 2.75) is 38.0 Å². The van der Waals surface area contributed by atoms with Crippen LogP contribution in [-0.4, -0.2) is 87.3 Å². The zero-order valence-corrected chi connectivity index (χ0v) is 18.5. The zero-order chi connectivity index (χ0) is 20.9. The Morgan fingerprint density at radius 3 is 2.41 bits per heavy atom. The van der Waals surface area contributed by atoms with Gasteiger partial charge in [-0.2, -0.15) is 4.31 Å². The maximum Gasteiger partial charge on any atom is 0.243 e. The summed E-state index contributed by atoms with van der Waals surface area (Å²) in [6.45, 7) is 9.45. The normalized spacial score (nSPS) is 18.9. The smallest absolute Gasteiger partial charge is 0.243 e.